The smallest absolute Gasteiger partial charge is 0.407 e. The molecule has 1 N–H and O–H groups in total. The molecule has 3 heteroatoms. The van der Waals surface area contributed by atoms with Crippen LogP contribution in [0.4, 0.5) is 4.79 Å². The van der Waals surface area contributed by atoms with Crippen molar-refractivity contribution in [2.24, 2.45) is 0 Å². The van der Waals surface area contributed by atoms with Crippen molar-refractivity contribution in [1.29, 1.82) is 0 Å². The summed E-state index contributed by atoms with van der Waals surface area (Å²) in [4.78, 5) is 11.2. The maximum atomic E-state index is 11.2. The highest BCUT2D eigenvalue weighted by Crippen LogP contribution is 2.13. The lowest BCUT2D eigenvalue weighted by Crippen LogP contribution is -2.23. The van der Waals surface area contributed by atoms with E-state index in [0.717, 1.165) is 38.5 Å². The van der Waals surface area contributed by atoms with Gasteiger partial charge >= 0.3 is 6.09 Å². The van der Waals surface area contributed by atoms with E-state index in [2.05, 4.69) is 58.2 Å². The molecule has 1 amide bonds. The number of hydrogen-bond donors (Lipinski definition) is 1. The van der Waals surface area contributed by atoms with Gasteiger partial charge in [0.15, 0.2) is 0 Å². The monoisotopic (exact) mass is 361 g/mol. The molecule has 26 heavy (non-hydrogen) atoms. The quantitative estimate of drug-likeness (QED) is 0.385. The number of ether oxygens (including phenoxy) is 1. The standard InChI is InChI=1S/C23H39NO2/c1-7-24-23(25)26-18-17-22(6)16-10-15-21(5)14-9-13-20(4)12-8-11-19(2)3/h11,13,15,17H,7-10,12,14,16,18H2,1-6H3,(H,24,25). The Labute approximate surface area is 161 Å². The number of hydrogen-bond acceptors (Lipinski definition) is 2. The Morgan fingerprint density at radius 2 is 1.23 bits per heavy atom. The van der Waals surface area contributed by atoms with Gasteiger partial charge in [-0.1, -0.05) is 40.5 Å². The van der Waals surface area contributed by atoms with Gasteiger partial charge in [0.05, 0.1) is 0 Å². The zero-order chi connectivity index (χ0) is 19.8. The molecule has 148 valence electrons. The highest BCUT2D eigenvalue weighted by Gasteiger charge is 1.97. The molecule has 0 heterocycles. The molecule has 0 unspecified atom stereocenters. The molecule has 0 spiro atoms. The van der Waals surface area contributed by atoms with Gasteiger partial charge in [-0.3, -0.25) is 0 Å². The fourth-order valence-corrected chi connectivity index (χ4v) is 2.44. The lowest BCUT2D eigenvalue weighted by Gasteiger charge is -2.04. The van der Waals surface area contributed by atoms with Gasteiger partial charge in [-0.05, 0) is 86.1 Å². The Kier molecular flexibility index (Phi) is 14.4. The van der Waals surface area contributed by atoms with Gasteiger partial charge in [0, 0.05) is 6.54 Å². The first-order valence-corrected chi connectivity index (χ1v) is 9.86. The second-order valence-electron chi connectivity index (χ2n) is 7.18. The first-order valence-electron chi connectivity index (χ1n) is 9.86. The van der Waals surface area contributed by atoms with E-state index in [0.29, 0.717) is 13.2 Å². The third-order valence-electron chi connectivity index (χ3n) is 4.12. The Hall–Kier alpha value is -1.77. The molecular weight excluding hydrogens is 322 g/mol. The van der Waals surface area contributed by atoms with Crippen molar-refractivity contribution < 1.29 is 9.53 Å². The van der Waals surface area contributed by atoms with Crippen LogP contribution in [-0.2, 0) is 4.74 Å². The number of alkyl carbamates (subject to hydrolysis) is 1. The Morgan fingerprint density at radius 3 is 1.69 bits per heavy atom. The van der Waals surface area contributed by atoms with Crippen LogP contribution >= 0.6 is 0 Å². The van der Waals surface area contributed by atoms with Gasteiger partial charge in [0.1, 0.15) is 6.61 Å². The minimum absolute atomic E-state index is 0.344. The molecule has 0 aromatic heterocycles. The van der Waals surface area contributed by atoms with E-state index in [9.17, 15) is 4.79 Å². The van der Waals surface area contributed by atoms with Crippen LogP contribution in [0.1, 0.15) is 80.1 Å². The molecule has 3 nitrogen and oxygen atoms in total. The molecule has 0 aliphatic heterocycles. The van der Waals surface area contributed by atoms with Gasteiger partial charge < -0.3 is 10.1 Å². The molecule has 0 rings (SSSR count). The maximum Gasteiger partial charge on any atom is 0.407 e. The summed E-state index contributed by atoms with van der Waals surface area (Å²) >= 11 is 0. The Morgan fingerprint density at radius 1 is 0.769 bits per heavy atom. The molecule has 0 aliphatic carbocycles. The second-order valence-corrected chi connectivity index (χ2v) is 7.18. The highest BCUT2D eigenvalue weighted by molar-refractivity contribution is 5.67. The Balaban J connectivity index is 3.99. The number of carbonyl (C=O) groups excluding carboxylic acids is 1. The summed E-state index contributed by atoms with van der Waals surface area (Å²) in [6.07, 6.45) is 15.3. The summed E-state index contributed by atoms with van der Waals surface area (Å²) < 4.78 is 5.05. The van der Waals surface area contributed by atoms with Crippen molar-refractivity contribution in [3.8, 4) is 0 Å². The van der Waals surface area contributed by atoms with E-state index in [1.165, 1.54) is 22.3 Å². The fourth-order valence-electron chi connectivity index (χ4n) is 2.44. The van der Waals surface area contributed by atoms with E-state index < -0.39 is 0 Å². The summed E-state index contributed by atoms with van der Waals surface area (Å²) in [7, 11) is 0. The Bertz CT molecular complexity index is 520. The minimum Gasteiger partial charge on any atom is -0.445 e. The molecule has 0 aromatic rings. The van der Waals surface area contributed by atoms with Crippen LogP contribution < -0.4 is 5.32 Å². The van der Waals surface area contributed by atoms with Crippen LogP contribution in [-0.4, -0.2) is 19.2 Å². The van der Waals surface area contributed by atoms with Crippen LogP contribution in [0.3, 0.4) is 0 Å². The summed E-state index contributed by atoms with van der Waals surface area (Å²) in [6, 6.07) is 0. The van der Waals surface area contributed by atoms with Crippen molar-refractivity contribution in [1.82, 2.24) is 5.32 Å². The van der Waals surface area contributed by atoms with Gasteiger partial charge in [-0.15, -0.1) is 0 Å². The zero-order valence-corrected chi connectivity index (χ0v) is 17.8. The number of amides is 1. The van der Waals surface area contributed by atoms with E-state index >= 15 is 0 Å². The number of rotatable bonds is 12. The van der Waals surface area contributed by atoms with Crippen LogP contribution in [0.15, 0.2) is 46.6 Å². The molecule has 0 bridgehead atoms. The van der Waals surface area contributed by atoms with E-state index in [1.807, 2.05) is 13.0 Å². The second kappa shape index (κ2) is 15.5. The lowest BCUT2D eigenvalue weighted by atomic mass is 10.0. The average molecular weight is 362 g/mol. The molecule has 0 aromatic carbocycles. The summed E-state index contributed by atoms with van der Waals surface area (Å²) in [5.74, 6) is 0. The highest BCUT2D eigenvalue weighted by atomic mass is 16.5. The van der Waals surface area contributed by atoms with E-state index in [-0.39, 0.29) is 6.09 Å². The fraction of sp³-hybridized carbons (Fsp3) is 0.609. The number of allylic oxidation sites excluding steroid dienone is 7. The van der Waals surface area contributed by atoms with Crippen LogP contribution in [0, 0.1) is 0 Å². The molecule has 0 saturated heterocycles. The van der Waals surface area contributed by atoms with Crippen molar-refractivity contribution in [2.45, 2.75) is 80.1 Å². The number of nitrogens with one attached hydrogen (secondary N) is 1. The molecule has 0 atom stereocenters. The molecule has 0 aliphatic rings. The largest absolute Gasteiger partial charge is 0.445 e. The maximum absolute atomic E-state index is 11.2. The molecule has 0 saturated carbocycles. The molecule has 0 fully saturated rings. The predicted molar refractivity (Wildman–Crippen MR) is 113 cm³/mol. The summed E-state index contributed by atoms with van der Waals surface area (Å²) in [6.45, 7) is 13.6. The third kappa shape index (κ3) is 15.7. The van der Waals surface area contributed by atoms with Gasteiger partial charge in [0.2, 0.25) is 0 Å². The van der Waals surface area contributed by atoms with Crippen molar-refractivity contribution in [3.63, 3.8) is 0 Å². The predicted octanol–water partition coefficient (Wildman–Crippen LogP) is 6.88. The summed E-state index contributed by atoms with van der Waals surface area (Å²) in [5.41, 5.74) is 5.59. The molecular formula is C23H39NO2. The number of carbonyl (C=O) groups is 1. The van der Waals surface area contributed by atoms with Gasteiger partial charge in [-0.25, -0.2) is 4.79 Å². The SMILES string of the molecule is CCNC(=O)OCC=C(C)CCC=C(C)CCC=C(C)CCC=C(C)C. The first-order chi connectivity index (χ1) is 12.3. The normalized spacial score (nSPS) is 12.8. The van der Waals surface area contributed by atoms with Gasteiger partial charge in [0.25, 0.3) is 0 Å². The van der Waals surface area contributed by atoms with Crippen molar-refractivity contribution in [2.75, 3.05) is 13.2 Å². The van der Waals surface area contributed by atoms with Crippen LogP contribution in [0.2, 0.25) is 0 Å². The van der Waals surface area contributed by atoms with Crippen LogP contribution in [0.5, 0.6) is 0 Å². The third-order valence-corrected chi connectivity index (χ3v) is 4.12. The van der Waals surface area contributed by atoms with E-state index in [4.69, 9.17) is 4.74 Å². The minimum atomic E-state index is -0.350. The van der Waals surface area contributed by atoms with Crippen molar-refractivity contribution >= 4 is 6.09 Å². The lowest BCUT2D eigenvalue weighted by molar-refractivity contribution is 0.158. The summed E-state index contributed by atoms with van der Waals surface area (Å²) in [5, 5.41) is 2.61. The topological polar surface area (TPSA) is 38.3 Å². The first kappa shape index (κ1) is 24.2. The van der Waals surface area contributed by atoms with E-state index in [1.54, 1.807) is 0 Å². The molecule has 0 radical (unpaired) electrons. The van der Waals surface area contributed by atoms with Crippen LogP contribution in [0.25, 0.3) is 0 Å². The average Bonchev–Trinajstić information content (AvgIpc) is 2.54. The zero-order valence-electron chi connectivity index (χ0n) is 17.8. The van der Waals surface area contributed by atoms with Gasteiger partial charge in [-0.2, -0.15) is 0 Å². The van der Waals surface area contributed by atoms with Crippen molar-refractivity contribution in [3.05, 3.63) is 46.6 Å².